The SMILES string of the molecule is CN(Cc1ccc(F)cc1)C1CCCNC1. The quantitative estimate of drug-likeness (QED) is 0.841. The summed E-state index contributed by atoms with van der Waals surface area (Å²) in [5.41, 5.74) is 1.18. The van der Waals surface area contributed by atoms with Crippen molar-refractivity contribution in [2.45, 2.75) is 25.4 Å². The molecule has 0 aromatic heterocycles. The molecule has 0 spiro atoms. The zero-order chi connectivity index (χ0) is 11.4. The minimum absolute atomic E-state index is 0.161. The van der Waals surface area contributed by atoms with Gasteiger partial charge in [0.1, 0.15) is 5.82 Å². The van der Waals surface area contributed by atoms with Gasteiger partial charge in [-0.2, -0.15) is 0 Å². The van der Waals surface area contributed by atoms with Crippen LogP contribution in [-0.2, 0) is 6.54 Å². The number of nitrogens with one attached hydrogen (secondary N) is 1. The zero-order valence-corrected chi connectivity index (χ0v) is 9.75. The Kier molecular flexibility index (Phi) is 3.91. The maximum atomic E-state index is 12.8. The molecule has 0 saturated carbocycles. The molecule has 1 atom stereocenters. The summed E-state index contributed by atoms with van der Waals surface area (Å²) in [5.74, 6) is -0.161. The summed E-state index contributed by atoms with van der Waals surface area (Å²) < 4.78 is 12.8. The van der Waals surface area contributed by atoms with Crippen LogP contribution in [0.2, 0.25) is 0 Å². The van der Waals surface area contributed by atoms with Crippen molar-refractivity contribution in [3.05, 3.63) is 35.6 Å². The summed E-state index contributed by atoms with van der Waals surface area (Å²) in [6.07, 6.45) is 2.50. The highest BCUT2D eigenvalue weighted by Crippen LogP contribution is 2.12. The van der Waals surface area contributed by atoms with E-state index < -0.39 is 0 Å². The second-order valence-corrected chi connectivity index (χ2v) is 4.54. The van der Waals surface area contributed by atoms with Gasteiger partial charge in [-0.15, -0.1) is 0 Å². The molecular formula is C13H19FN2. The molecule has 1 fully saturated rings. The van der Waals surface area contributed by atoms with Crippen molar-refractivity contribution in [2.75, 3.05) is 20.1 Å². The van der Waals surface area contributed by atoms with Crippen molar-refractivity contribution in [3.8, 4) is 0 Å². The first-order chi connectivity index (χ1) is 7.75. The Balaban J connectivity index is 1.90. The van der Waals surface area contributed by atoms with Crippen molar-refractivity contribution < 1.29 is 4.39 Å². The minimum atomic E-state index is -0.161. The molecule has 1 N–H and O–H groups in total. The molecule has 88 valence electrons. The first-order valence-corrected chi connectivity index (χ1v) is 5.91. The van der Waals surface area contributed by atoms with Gasteiger partial charge in [-0.25, -0.2) is 4.39 Å². The highest BCUT2D eigenvalue weighted by atomic mass is 19.1. The topological polar surface area (TPSA) is 15.3 Å². The van der Waals surface area contributed by atoms with E-state index in [0.29, 0.717) is 6.04 Å². The molecule has 1 aliphatic heterocycles. The van der Waals surface area contributed by atoms with E-state index in [-0.39, 0.29) is 5.82 Å². The zero-order valence-electron chi connectivity index (χ0n) is 9.75. The monoisotopic (exact) mass is 222 g/mol. The Morgan fingerprint density at radius 3 is 2.75 bits per heavy atom. The van der Waals surface area contributed by atoms with Gasteiger partial charge in [0, 0.05) is 19.1 Å². The van der Waals surface area contributed by atoms with Gasteiger partial charge in [0.25, 0.3) is 0 Å². The number of likely N-dealkylation sites (N-methyl/N-ethyl adjacent to an activating group) is 1. The van der Waals surface area contributed by atoms with Gasteiger partial charge in [0.2, 0.25) is 0 Å². The van der Waals surface area contributed by atoms with Crippen LogP contribution in [0.5, 0.6) is 0 Å². The number of hydrogen-bond donors (Lipinski definition) is 1. The fourth-order valence-electron chi connectivity index (χ4n) is 2.22. The van der Waals surface area contributed by atoms with Crippen LogP contribution < -0.4 is 5.32 Å². The first-order valence-electron chi connectivity index (χ1n) is 5.91. The van der Waals surface area contributed by atoms with E-state index in [1.54, 1.807) is 0 Å². The molecule has 1 saturated heterocycles. The molecule has 16 heavy (non-hydrogen) atoms. The van der Waals surface area contributed by atoms with Gasteiger partial charge in [-0.3, -0.25) is 4.90 Å². The molecule has 0 amide bonds. The number of nitrogens with zero attached hydrogens (tertiary/aromatic N) is 1. The number of halogens is 1. The van der Waals surface area contributed by atoms with Gasteiger partial charge >= 0.3 is 0 Å². The molecule has 2 rings (SSSR count). The third kappa shape index (κ3) is 3.03. The van der Waals surface area contributed by atoms with E-state index in [1.807, 2.05) is 12.1 Å². The fourth-order valence-corrected chi connectivity index (χ4v) is 2.22. The molecule has 1 aromatic rings. The normalized spacial score (nSPS) is 21.3. The molecule has 1 aliphatic rings. The third-order valence-electron chi connectivity index (χ3n) is 3.24. The van der Waals surface area contributed by atoms with E-state index in [9.17, 15) is 4.39 Å². The maximum absolute atomic E-state index is 12.8. The van der Waals surface area contributed by atoms with E-state index >= 15 is 0 Å². The molecule has 2 nitrogen and oxygen atoms in total. The molecule has 1 unspecified atom stereocenters. The predicted molar refractivity (Wildman–Crippen MR) is 63.8 cm³/mol. The van der Waals surface area contributed by atoms with Crippen LogP contribution in [0.15, 0.2) is 24.3 Å². The summed E-state index contributed by atoms with van der Waals surface area (Å²) in [4.78, 5) is 2.35. The third-order valence-corrected chi connectivity index (χ3v) is 3.24. The lowest BCUT2D eigenvalue weighted by molar-refractivity contribution is 0.196. The van der Waals surface area contributed by atoms with E-state index in [4.69, 9.17) is 0 Å². The molecule has 3 heteroatoms. The fraction of sp³-hybridized carbons (Fsp3) is 0.538. The van der Waals surface area contributed by atoms with Crippen molar-refractivity contribution in [1.82, 2.24) is 10.2 Å². The van der Waals surface area contributed by atoms with Crippen LogP contribution in [0, 0.1) is 5.82 Å². The Labute approximate surface area is 96.5 Å². The molecule has 1 aromatic carbocycles. The van der Waals surface area contributed by atoms with Crippen LogP contribution in [0.3, 0.4) is 0 Å². The van der Waals surface area contributed by atoms with Gasteiger partial charge in [-0.05, 0) is 44.1 Å². The number of hydrogen-bond acceptors (Lipinski definition) is 2. The summed E-state index contributed by atoms with van der Waals surface area (Å²) >= 11 is 0. The maximum Gasteiger partial charge on any atom is 0.123 e. The Morgan fingerprint density at radius 2 is 2.12 bits per heavy atom. The number of rotatable bonds is 3. The standard InChI is InChI=1S/C13H19FN2/c1-16(13-3-2-8-15-9-13)10-11-4-6-12(14)7-5-11/h4-7,13,15H,2-3,8-10H2,1H3. The van der Waals surface area contributed by atoms with Crippen LogP contribution >= 0.6 is 0 Å². The van der Waals surface area contributed by atoms with Crippen LogP contribution in [-0.4, -0.2) is 31.1 Å². The molecular weight excluding hydrogens is 203 g/mol. The average Bonchev–Trinajstić information content (AvgIpc) is 2.33. The average molecular weight is 222 g/mol. The van der Waals surface area contributed by atoms with E-state index in [0.717, 1.165) is 19.6 Å². The lowest BCUT2D eigenvalue weighted by Gasteiger charge is -2.31. The molecule has 0 aliphatic carbocycles. The van der Waals surface area contributed by atoms with Crippen LogP contribution in [0.1, 0.15) is 18.4 Å². The lowest BCUT2D eigenvalue weighted by Crippen LogP contribution is -2.43. The Morgan fingerprint density at radius 1 is 1.38 bits per heavy atom. The molecule has 0 bridgehead atoms. The summed E-state index contributed by atoms with van der Waals surface area (Å²) in [7, 11) is 2.14. The number of benzene rings is 1. The summed E-state index contributed by atoms with van der Waals surface area (Å²) in [5, 5.41) is 3.41. The smallest absolute Gasteiger partial charge is 0.123 e. The molecule has 0 radical (unpaired) electrons. The van der Waals surface area contributed by atoms with Gasteiger partial charge in [-0.1, -0.05) is 12.1 Å². The second kappa shape index (κ2) is 5.41. The minimum Gasteiger partial charge on any atom is -0.315 e. The van der Waals surface area contributed by atoms with Crippen molar-refractivity contribution >= 4 is 0 Å². The van der Waals surface area contributed by atoms with Crippen LogP contribution in [0.25, 0.3) is 0 Å². The van der Waals surface area contributed by atoms with Gasteiger partial charge in [0.05, 0.1) is 0 Å². The highest BCUT2D eigenvalue weighted by molar-refractivity contribution is 5.15. The summed E-state index contributed by atoms with van der Waals surface area (Å²) in [6, 6.07) is 7.40. The van der Waals surface area contributed by atoms with Gasteiger partial charge < -0.3 is 5.32 Å². The lowest BCUT2D eigenvalue weighted by atomic mass is 10.1. The van der Waals surface area contributed by atoms with Crippen molar-refractivity contribution in [2.24, 2.45) is 0 Å². The Bertz CT molecular complexity index is 317. The Hall–Kier alpha value is -0.930. The van der Waals surface area contributed by atoms with Crippen molar-refractivity contribution in [3.63, 3.8) is 0 Å². The van der Waals surface area contributed by atoms with E-state index in [1.165, 1.54) is 30.5 Å². The second-order valence-electron chi connectivity index (χ2n) is 4.54. The first kappa shape index (κ1) is 11.6. The summed E-state index contributed by atoms with van der Waals surface area (Å²) in [6.45, 7) is 3.10. The van der Waals surface area contributed by atoms with Crippen LogP contribution in [0.4, 0.5) is 4.39 Å². The van der Waals surface area contributed by atoms with Crippen molar-refractivity contribution in [1.29, 1.82) is 0 Å². The predicted octanol–water partition coefficient (Wildman–Crippen LogP) is 2.01. The largest absolute Gasteiger partial charge is 0.315 e. The highest BCUT2D eigenvalue weighted by Gasteiger charge is 2.17. The number of piperidine rings is 1. The van der Waals surface area contributed by atoms with Gasteiger partial charge in [0.15, 0.2) is 0 Å². The van der Waals surface area contributed by atoms with E-state index in [2.05, 4.69) is 17.3 Å². The molecule has 1 heterocycles.